The third kappa shape index (κ3) is 4.28. The smallest absolute Gasteiger partial charge is 0.272 e. The van der Waals surface area contributed by atoms with Crippen molar-refractivity contribution in [2.24, 2.45) is 5.10 Å². The fourth-order valence-electron chi connectivity index (χ4n) is 1.89. The van der Waals surface area contributed by atoms with E-state index in [1.54, 1.807) is 0 Å². The van der Waals surface area contributed by atoms with Gasteiger partial charge in [-0.05, 0) is 18.2 Å². The summed E-state index contributed by atoms with van der Waals surface area (Å²) in [5.74, 6) is 0. The summed E-state index contributed by atoms with van der Waals surface area (Å²) in [6.45, 7) is 0. The minimum absolute atomic E-state index is 0.120. The number of hydrogen-bond acceptors (Lipinski definition) is 6. The van der Waals surface area contributed by atoms with Gasteiger partial charge in [-0.3, -0.25) is 25.7 Å². The van der Waals surface area contributed by atoms with Gasteiger partial charge in [0.25, 0.3) is 11.4 Å². The minimum Gasteiger partial charge on any atom is -0.272 e. The molecule has 1 N–H and O–H groups in total. The molecule has 8 nitrogen and oxygen atoms in total. The topological polar surface area (TPSA) is 111 Å². The maximum Gasteiger partial charge on any atom is 0.416 e. The summed E-state index contributed by atoms with van der Waals surface area (Å²) in [4.78, 5) is 20.2. The number of rotatable bonds is 5. The molecule has 2 aromatic rings. The second-order valence-electron chi connectivity index (χ2n) is 4.67. The number of hydrogen-bond donors (Lipinski definition) is 1. The average Bonchev–Trinajstić information content (AvgIpc) is 2.54. The molecule has 0 aliphatic rings. The molecule has 0 radical (unpaired) electrons. The van der Waals surface area contributed by atoms with Crippen LogP contribution in [0, 0.1) is 20.2 Å². The summed E-state index contributed by atoms with van der Waals surface area (Å²) >= 11 is 0. The zero-order valence-electron chi connectivity index (χ0n) is 12.2. The van der Waals surface area contributed by atoms with Crippen LogP contribution < -0.4 is 5.43 Å². The number of halogens is 3. The number of nitrogens with zero attached hydrogens (tertiary/aromatic N) is 3. The van der Waals surface area contributed by atoms with Gasteiger partial charge in [0, 0.05) is 12.1 Å². The number of hydrazone groups is 1. The Balaban J connectivity index is 2.29. The Morgan fingerprint density at radius 1 is 1.00 bits per heavy atom. The predicted octanol–water partition coefficient (Wildman–Crippen LogP) is 3.97. The molecule has 0 atom stereocenters. The molecule has 0 heterocycles. The summed E-state index contributed by atoms with van der Waals surface area (Å²) in [7, 11) is 0. The van der Waals surface area contributed by atoms with Crippen molar-refractivity contribution in [1.29, 1.82) is 0 Å². The van der Waals surface area contributed by atoms with Crippen molar-refractivity contribution in [3.63, 3.8) is 0 Å². The summed E-state index contributed by atoms with van der Waals surface area (Å²) in [5, 5.41) is 25.4. The molecule has 11 heteroatoms. The molecule has 0 bridgehead atoms. The van der Waals surface area contributed by atoms with Crippen molar-refractivity contribution in [3.05, 3.63) is 73.8 Å². The highest BCUT2D eigenvalue weighted by atomic mass is 19.4. The molecule has 0 fully saturated rings. The van der Waals surface area contributed by atoms with E-state index >= 15 is 0 Å². The van der Waals surface area contributed by atoms with Gasteiger partial charge < -0.3 is 0 Å². The lowest BCUT2D eigenvalue weighted by atomic mass is 10.1. The molecule has 130 valence electrons. The number of nitro groups is 2. The van der Waals surface area contributed by atoms with Crippen LogP contribution in [0.4, 0.5) is 30.2 Å². The number of nitrogens with one attached hydrogen (secondary N) is 1. The third-order valence-corrected chi connectivity index (χ3v) is 3.04. The van der Waals surface area contributed by atoms with Crippen LogP contribution in [0.2, 0.25) is 0 Å². The molecule has 0 aliphatic heterocycles. The molecule has 0 aliphatic carbocycles. The first-order valence-corrected chi connectivity index (χ1v) is 6.58. The van der Waals surface area contributed by atoms with Crippen molar-refractivity contribution < 1.29 is 23.0 Å². The van der Waals surface area contributed by atoms with Crippen LogP contribution in [0.5, 0.6) is 0 Å². The normalized spacial score (nSPS) is 11.5. The molecule has 0 saturated carbocycles. The lowest BCUT2D eigenvalue weighted by Crippen LogP contribution is -2.06. The monoisotopic (exact) mass is 354 g/mol. The third-order valence-electron chi connectivity index (χ3n) is 3.04. The largest absolute Gasteiger partial charge is 0.416 e. The Labute approximate surface area is 137 Å². The lowest BCUT2D eigenvalue weighted by Gasteiger charge is -2.08. The van der Waals surface area contributed by atoms with Crippen molar-refractivity contribution in [2.75, 3.05) is 5.43 Å². The van der Waals surface area contributed by atoms with Gasteiger partial charge in [-0.15, -0.1) is 0 Å². The molecule has 0 unspecified atom stereocenters. The van der Waals surface area contributed by atoms with Crippen LogP contribution >= 0.6 is 0 Å². The number of alkyl halides is 3. The molecule has 25 heavy (non-hydrogen) atoms. The van der Waals surface area contributed by atoms with Gasteiger partial charge in [-0.2, -0.15) is 18.3 Å². The Morgan fingerprint density at radius 2 is 1.64 bits per heavy atom. The predicted molar refractivity (Wildman–Crippen MR) is 82.4 cm³/mol. The highest BCUT2D eigenvalue weighted by molar-refractivity contribution is 5.85. The van der Waals surface area contributed by atoms with Crippen LogP contribution in [0.25, 0.3) is 0 Å². The molecule has 0 amide bonds. The molecule has 2 rings (SSSR count). The zero-order chi connectivity index (χ0) is 18.6. The van der Waals surface area contributed by atoms with E-state index in [-0.39, 0.29) is 16.9 Å². The van der Waals surface area contributed by atoms with Crippen LogP contribution in [0.3, 0.4) is 0 Å². The lowest BCUT2D eigenvalue weighted by molar-refractivity contribution is -0.385. The highest BCUT2D eigenvalue weighted by Crippen LogP contribution is 2.34. The van der Waals surface area contributed by atoms with Gasteiger partial charge in [0.05, 0.1) is 27.2 Å². The maximum absolute atomic E-state index is 12.6. The molecule has 0 spiro atoms. The van der Waals surface area contributed by atoms with E-state index in [1.807, 2.05) is 0 Å². The van der Waals surface area contributed by atoms with Gasteiger partial charge in [0.2, 0.25) is 0 Å². The second-order valence-corrected chi connectivity index (χ2v) is 4.67. The van der Waals surface area contributed by atoms with E-state index in [0.29, 0.717) is 12.1 Å². The quantitative estimate of drug-likeness (QED) is 0.496. The van der Waals surface area contributed by atoms with E-state index in [4.69, 9.17) is 0 Å². The van der Waals surface area contributed by atoms with Crippen LogP contribution in [-0.2, 0) is 6.18 Å². The maximum atomic E-state index is 12.6. The van der Waals surface area contributed by atoms with Gasteiger partial charge in [-0.1, -0.05) is 12.1 Å². The van der Waals surface area contributed by atoms with Crippen LogP contribution in [-0.4, -0.2) is 16.1 Å². The number of benzene rings is 2. The van der Waals surface area contributed by atoms with E-state index in [2.05, 4.69) is 10.5 Å². The van der Waals surface area contributed by atoms with Crippen molar-refractivity contribution in [2.45, 2.75) is 6.18 Å². The molecule has 0 aromatic heterocycles. The van der Waals surface area contributed by atoms with E-state index in [0.717, 1.165) is 12.3 Å². The second kappa shape index (κ2) is 6.95. The van der Waals surface area contributed by atoms with Gasteiger partial charge in [-0.25, -0.2) is 0 Å². The summed E-state index contributed by atoms with van der Waals surface area (Å²) in [5.41, 5.74) is -0.178. The van der Waals surface area contributed by atoms with E-state index in [9.17, 15) is 33.4 Å². The fraction of sp³-hybridized carbons (Fsp3) is 0.0714. The van der Waals surface area contributed by atoms with Crippen molar-refractivity contribution in [1.82, 2.24) is 0 Å². The van der Waals surface area contributed by atoms with Crippen LogP contribution in [0.1, 0.15) is 11.1 Å². The number of nitro benzene ring substituents is 2. The zero-order valence-corrected chi connectivity index (χ0v) is 12.2. The van der Waals surface area contributed by atoms with Gasteiger partial charge >= 0.3 is 6.18 Å². The SMILES string of the molecule is O=[N+]([O-])c1ccccc1C=NNc1ccc(C(F)(F)F)cc1[N+](=O)[O-]. The van der Waals surface area contributed by atoms with Gasteiger partial charge in [0.15, 0.2) is 0 Å². The summed E-state index contributed by atoms with van der Waals surface area (Å²) in [6.07, 6.45) is -3.68. The first-order valence-electron chi connectivity index (χ1n) is 6.58. The van der Waals surface area contributed by atoms with Gasteiger partial charge in [0.1, 0.15) is 5.69 Å². The Bertz CT molecular complexity index is 852. The molecular weight excluding hydrogens is 345 g/mol. The highest BCUT2D eigenvalue weighted by Gasteiger charge is 2.33. The molecule has 2 aromatic carbocycles. The number of anilines is 1. The standard InChI is InChI=1S/C14H9F3N4O4/c15-14(16,17)10-5-6-11(13(7-10)21(24)25)19-18-8-9-3-1-2-4-12(9)20(22)23/h1-8,19H. The van der Waals surface area contributed by atoms with E-state index < -0.39 is 27.3 Å². The first kappa shape index (κ1) is 17.8. The summed E-state index contributed by atoms with van der Waals surface area (Å²) in [6, 6.07) is 7.50. The van der Waals surface area contributed by atoms with Crippen LogP contribution in [0.15, 0.2) is 47.6 Å². The number of para-hydroxylation sites is 1. The van der Waals surface area contributed by atoms with Crippen molar-refractivity contribution in [3.8, 4) is 0 Å². The average molecular weight is 354 g/mol. The molecular formula is C14H9F3N4O4. The molecule has 0 saturated heterocycles. The van der Waals surface area contributed by atoms with Crippen molar-refractivity contribution >= 4 is 23.3 Å². The Hall–Kier alpha value is -3.50. The summed E-state index contributed by atoms with van der Waals surface area (Å²) < 4.78 is 37.9. The Morgan fingerprint density at radius 3 is 2.24 bits per heavy atom. The first-order chi connectivity index (χ1) is 11.7. The fourth-order valence-corrected chi connectivity index (χ4v) is 1.89. The minimum atomic E-state index is -4.72. The Kier molecular flexibility index (Phi) is 4.96. The van der Waals surface area contributed by atoms with E-state index in [1.165, 1.54) is 24.3 Å².